The van der Waals surface area contributed by atoms with E-state index in [2.05, 4.69) is 65.3 Å². The molecule has 0 bridgehead atoms. The number of imidazole rings is 1. The Morgan fingerprint density at radius 1 is 1.35 bits per heavy atom. The van der Waals surface area contributed by atoms with Gasteiger partial charge in [0.05, 0.1) is 17.9 Å². The molecule has 3 nitrogen and oxygen atoms in total. The summed E-state index contributed by atoms with van der Waals surface area (Å²) in [7, 11) is 0. The van der Waals surface area contributed by atoms with Crippen molar-refractivity contribution in [1.82, 2.24) is 9.38 Å². The monoisotopic (exact) mass is 303 g/mol. The van der Waals surface area contributed by atoms with Crippen molar-refractivity contribution in [2.24, 2.45) is 0 Å². The fourth-order valence-corrected chi connectivity index (χ4v) is 3.59. The molecule has 2 aromatic heterocycles. The molecule has 0 atom stereocenters. The molecule has 3 aromatic rings. The highest BCUT2D eigenvalue weighted by Crippen LogP contribution is 2.23. The second-order valence-corrected chi connectivity index (χ2v) is 6.82. The van der Waals surface area contributed by atoms with Crippen LogP contribution < -0.4 is 5.32 Å². The number of hydrogen-bond donors (Lipinski definition) is 1. The molecule has 0 fully saturated rings. The van der Waals surface area contributed by atoms with E-state index in [-0.39, 0.29) is 0 Å². The predicted molar refractivity (Wildman–Crippen MR) is 88.1 cm³/mol. The lowest BCUT2D eigenvalue weighted by molar-refractivity contribution is 0.990. The van der Waals surface area contributed by atoms with E-state index in [1.54, 1.807) is 23.1 Å². The van der Waals surface area contributed by atoms with Gasteiger partial charge in [-0.2, -0.15) is 0 Å². The van der Waals surface area contributed by atoms with Crippen LogP contribution in [0.15, 0.2) is 35.4 Å². The molecule has 1 N–H and O–H groups in total. The van der Waals surface area contributed by atoms with E-state index in [4.69, 9.17) is 0 Å². The standard InChI is InChI=1S/C15H17N3S2/c1-10-9-18-14(11(2)17-15(18)20-10)8-16-12-5-4-6-13(7-12)19-3/h4-7,9,16H,8H2,1-3H3. The Labute approximate surface area is 127 Å². The minimum atomic E-state index is 0.793. The first kappa shape index (κ1) is 13.5. The van der Waals surface area contributed by atoms with Crippen molar-refractivity contribution in [3.05, 3.63) is 46.7 Å². The van der Waals surface area contributed by atoms with Crippen molar-refractivity contribution >= 4 is 33.7 Å². The Kier molecular flexibility index (Phi) is 3.72. The molecular formula is C15H17N3S2. The zero-order valence-corrected chi connectivity index (χ0v) is 13.4. The minimum absolute atomic E-state index is 0.793. The Morgan fingerprint density at radius 3 is 3.00 bits per heavy atom. The average molecular weight is 303 g/mol. The number of rotatable bonds is 4. The van der Waals surface area contributed by atoms with E-state index < -0.39 is 0 Å². The first-order valence-electron chi connectivity index (χ1n) is 6.49. The fraction of sp³-hybridized carbons (Fsp3) is 0.267. The van der Waals surface area contributed by atoms with Crippen LogP contribution in [-0.2, 0) is 6.54 Å². The molecule has 0 amide bonds. The molecule has 0 spiro atoms. The average Bonchev–Trinajstić information content (AvgIpc) is 2.92. The van der Waals surface area contributed by atoms with Gasteiger partial charge in [0.25, 0.3) is 0 Å². The molecule has 3 rings (SSSR count). The van der Waals surface area contributed by atoms with Gasteiger partial charge in [-0.3, -0.25) is 4.40 Å². The van der Waals surface area contributed by atoms with Gasteiger partial charge in [0, 0.05) is 21.7 Å². The lowest BCUT2D eigenvalue weighted by atomic mass is 10.3. The lowest BCUT2D eigenvalue weighted by Gasteiger charge is -2.08. The van der Waals surface area contributed by atoms with Gasteiger partial charge in [-0.25, -0.2) is 4.98 Å². The molecule has 20 heavy (non-hydrogen) atoms. The molecular weight excluding hydrogens is 286 g/mol. The van der Waals surface area contributed by atoms with Crippen LogP contribution >= 0.6 is 23.1 Å². The van der Waals surface area contributed by atoms with Gasteiger partial charge in [0.2, 0.25) is 0 Å². The van der Waals surface area contributed by atoms with Crippen LogP contribution in [0.25, 0.3) is 4.96 Å². The molecule has 0 aliphatic carbocycles. The summed E-state index contributed by atoms with van der Waals surface area (Å²) in [5, 5.41) is 3.49. The van der Waals surface area contributed by atoms with E-state index in [0.29, 0.717) is 0 Å². The summed E-state index contributed by atoms with van der Waals surface area (Å²) in [6.07, 6.45) is 4.26. The van der Waals surface area contributed by atoms with Crippen molar-refractivity contribution in [2.75, 3.05) is 11.6 Å². The van der Waals surface area contributed by atoms with Crippen LogP contribution in [0, 0.1) is 13.8 Å². The van der Waals surface area contributed by atoms with E-state index in [1.807, 2.05) is 0 Å². The largest absolute Gasteiger partial charge is 0.379 e. The van der Waals surface area contributed by atoms with Gasteiger partial charge in [-0.05, 0) is 38.3 Å². The summed E-state index contributed by atoms with van der Waals surface area (Å²) in [6, 6.07) is 8.49. The second-order valence-electron chi connectivity index (χ2n) is 4.72. The van der Waals surface area contributed by atoms with Crippen LogP contribution in [0.1, 0.15) is 16.3 Å². The van der Waals surface area contributed by atoms with Crippen LogP contribution in [0.4, 0.5) is 5.69 Å². The highest BCUT2D eigenvalue weighted by Gasteiger charge is 2.10. The number of nitrogens with one attached hydrogen (secondary N) is 1. The van der Waals surface area contributed by atoms with E-state index in [0.717, 1.165) is 22.9 Å². The second kappa shape index (κ2) is 5.50. The third-order valence-electron chi connectivity index (χ3n) is 3.27. The quantitative estimate of drug-likeness (QED) is 0.727. The molecule has 0 aliphatic rings. The van der Waals surface area contributed by atoms with Crippen LogP contribution in [0.3, 0.4) is 0 Å². The van der Waals surface area contributed by atoms with Crippen LogP contribution in [0.5, 0.6) is 0 Å². The maximum absolute atomic E-state index is 4.62. The summed E-state index contributed by atoms with van der Waals surface area (Å²) in [5.74, 6) is 0. The molecule has 0 radical (unpaired) electrons. The zero-order chi connectivity index (χ0) is 14.1. The van der Waals surface area contributed by atoms with Crippen molar-refractivity contribution in [2.45, 2.75) is 25.3 Å². The number of aromatic nitrogens is 2. The maximum Gasteiger partial charge on any atom is 0.194 e. The van der Waals surface area contributed by atoms with Crippen LogP contribution in [0.2, 0.25) is 0 Å². The minimum Gasteiger partial charge on any atom is -0.379 e. The van der Waals surface area contributed by atoms with Gasteiger partial charge in [-0.15, -0.1) is 23.1 Å². The number of benzene rings is 1. The van der Waals surface area contributed by atoms with E-state index in [1.165, 1.54) is 15.5 Å². The summed E-state index contributed by atoms with van der Waals surface area (Å²) in [5.41, 5.74) is 3.49. The number of aryl methyl sites for hydroxylation is 2. The van der Waals surface area contributed by atoms with Crippen molar-refractivity contribution in [1.29, 1.82) is 0 Å². The van der Waals surface area contributed by atoms with Gasteiger partial charge in [-0.1, -0.05) is 6.07 Å². The number of hydrogen-bond acceptors (Lipinski definition) is 4. The summed E-state index contributed by atoms with van der Waals surface area (Å²) < 4.78 is 2.20. The Hall–Kier alpha value is -1.46. The Bertz CT molecular complexity index is 743. The van der Waals surface area contributed by atoms with Crippen molar-refractivity contribution in [3.63, 3.8) is 0 Å². The molecule has 0 unspecified atom stereocenters. The molecule has 0 saturated carbocycles. The lowest BCUT2D eigenvalue weighted by Crippen LogP contribution is -2.03. The molecule has 1 aromatic carbocycles. The highest BCUT2D eigenvalue weighted by molar-refractivity contribution is 7.98. The first-order valence-corrected chi connectivity index (χ1v) is 8.53. The van der Waals surface area contributed by atoms with Crippen molar-refractivity contribution in [3.8, 4) is 0 Å². The number of fused-ring (bicyclic) bond motifs is 1. The predicted octanol–water partition coefficient (Wildman–Crippen LogP) is 4.35. The van der Waals surface area contributed by atoms with Gasteiger partial charge in [0.15, 0.2) is 4.96 Å². The highest BCUT2D eigenvalue weighted by atomic mass is 32.2. The third kappa shape index (κ3) is 2.55. The van der Waals surface area contributed by atoms with E-state index >= 15 is 0 Å². The molecule has 0 aliphatic heterocycles. The van der Waals surface area contributed by atoms with Gasteiger partial charge >= 0.3 is 0 Å². The summed E-state index contributed by atoms with van der Waals surface area (Å²) in [6.45, 7) is 4.99. The molecule has 2 heterocycles. The molecule has 104 valence electrons. The number of thioether (sulfide) groups is 1. The topological polar surface area (TPSA) is 29.3 Å². The number of nitrogens with zero attached hydrogens (tertiary/aromatic N) is 2. The van der Waals surface area contributed by atoms with Crippen molar-refractivity contribution < 1.29 is 0 Å². The number of anilines is 1. The van der Waals surface area contributed by atoms with Crippen LogP contribution in [-0.4, -0.2) is 15.6 Å². The smallest absolute Gasteiger partial charge is 0.194 e. The zero-order valence-electron chi connectivity index (χ0n) is 11.8. The molecule has 5 heteroatoms. The Balaban J connectivity index is 1.84. The summed E-state index contributed by atoms with van der Waals surface area (Å²) >= 11 is 3.50. The SMILES string of the molecule is CSc1cccc(NCc2c(C)nc3sc(C)cn23)c1. The summed E-state index contributed by atoms with van der Waals surface area (Å²) in [4.78, 5) is 8.26. The normalized spacial score (nSPS) is 11.2. The fourth-order valence-electron chi connectivity index (χ4n) is 2.24. The van der Waals surface area contributed by atoms with E-state index in [9.17, 15) is 0 Å². The Morgan fingerprint density at radius 2 is 2.20 bits per heavy atom. The third-order valence-corrected chi connectivity index (χ3v) is 4.89. The maximum atomic E-state index is 4.62. The first-order chi connectivity index (χ1) is 9.67. The number of thiazole rings is 1. The van der Waals surface area contributed by atoms with Gasteiger partial charge in [0.1, 0.15) is 0 Å². The molecule has 0 saturated heterocycles. The van der Waals surface area contributed by atoms with Gasteiger partial charge < -0.3 is 5.32 Å².